The molecule has 294 valence electrons. The molecule has 0 N–H and O–H groups in total. The number of benzene rings is 10. The largest absolute Gasteiger partial charge is 0.455 e. The first-order chi connectivity index (χ1) is 31.3. The van der Waals surface area contributed by atoms with E-state index in [1.807, 2.05) is 6.07 Å². The molecular formula is C60H38N2O. The summed E-state index contributed by atoms with van der Waals surface area (Å²) in [4.78, 5) is 0. The van der Waals surface area contributed by atoms with Crippen molar-refractivity contribution in [1.82, 2.24) is 9.13 Å². The van der Waals surface area contributed by atoms with Crippen molar-refractivity contribution in [2.75, 3.05) is 0 Å². The van der Waals surface area contributed by atoms with Crippen molar-refractivity contribution in [2.45, 2.75) is 0 Å². The first-order valence-corrected chi connectivity index (χ1v) is 21.6. The van der Waals surface area contributed by atoms with E-state index in [-0.39, 0.29) is 0 Å². The standard InChI is InChI=1S/C60H38N2O/c1-2-17-39(18-3-1)42-19-4-5-20-43(42)40-33-35-55-51(37-40)52-38-41(44-21-6-7-22-45(44)49-26-16-27-50-48-25-10-15-32-59(48)63-60(49)50)34-36-56(52)62(55)58-31-14-13-30-57(58)61-53-28-11-8-23-46(53)47-24-9-12-29-54(47)61/h1-38H. The van der Waals surface area contributed by atoms with E-state index >= 15 is 0 Å². The molecule has 0 radical (unpaired) electrons. The first-order valence-electron chi connectivity index (χ1n) is 21.6. The van der Waals surface area contributed by atoms with Gasteiger partial charge in [0.25, 0.3) is 0 Å². The third kappa shape index (κ3) is 5.46. The molecule has 0 amide bonds. The fourth-order valence-corrected chi connectivity index (χ4v) is 10.2. The molecule has 63 heavy (non-hydrogen) atoms. The Bertz CT molecular complexity index is 3870. The number of rotatable bonds is 6. The molecule has 0 saturated heterocycles. The second kappa shape index (κ2) is 14.1. The summed E-state index contributed by atoms with van der Waals surface area (Å²) in [5.41, 5.74) is 18.1. The predicted molar refractivity (Wildman–Crippen MR) is 264 cm³/mol. The number of para-hydroxylation sites is 6. The number of furan rings is 1. The Balaban J connectivity index is 1.08. The van der Waals surface area contributed by atoms with Gasteiger partial charge in [0.05, 0.1) is 33.4 Å². The maximum Gasteiger partial charge on any atom is 0.143 e. The van der Waals surface area contributed by atoms with Gasteiger partial charge in [0.15, 0.2) is 0 Å². The second-order valence-corrected chi connectivity index (χ2v) is 16.4. The zero-order valence-electron chi connectivity index (χ0n) is 34.2. The summed E-state index contributed by atoms with van der Waals surface area (Å²) in [6, 6.07) is 83.5. The van der Waals surface area contributed by atoms with Crippen LogP contribution in [0.1, 0.15) is 0 Å². The SMILES string of the molecule is c1ccc(-c2ccccc2-c2ccc3c(c2)c2cc(-c4ccccc4-c4cccc5c4oc4ccccc45)ccc2n3-c2ccccc2-n2c3ccccc3c3ccccc32)cc1. The monoisotopic (exact) mass is 802 g/mol. The van der Waals surface area contributed by atoms with Crippen molar-refractivity contribution in [2.24, 2.45) is 0 Å². The highest BCUT2D eigenvalue weighted by atomic mass is 16.3. The average molecular weight is 803 g/mol. The lowest BCUT2D eigenvalue weighted by molar-refractivity contribution is 0.670. The Morgan fingerprint density at radius 3 is 1.30 bits per heavy atom. The van der Waals surface area contributed by atoms with E-state index in [2.05, 4.69) is 234 Å². The van der Waals surface area contributed by atoms with Gasteiger partial charge in [-0.25, -0.2) is 0 Å². The van der Waals surface area contributed by atoms with Crippen molar-refractivity contribution in [3.63, 3.8) is 0 Å². The molecule has 0 saturated carbocycles. The summed E-state index contributed by atoms with van der Waals surface area (Å²) in [7, 11) is 0. The maximum absolute atomic E-state index is 6.60. The van der Waals surface area contributed by atoms with Gasteiger partial charge in [0.2, 0.25) is 0 Å². The molecule has 3 aromatic heterocycles. The highest BCUT2D eigenvalue weighted by Gasteiger charge is 2.22. The van der Waals surface area contributed by atoms with E-state index in [0.29, 0.717) is 0 Å². The quantitative estimate of drug-likeness (QED) is 0.164. The fourth-order valence-electron chi connectivity index (χ4n) is 10.2. The fraction of sp³-hybridized carbons (Fsp3) is 0. The van der Waals surface area contributed by atoms with Gasteiger partial charge < -0.3 is 13.6 Å². The molecule has 0 aliphatic carbocycles. The number of fused-ring (bicyclic) bond motifs is 9. The molecule has 3 heterocycles. The van der Waals surface area contributed by atoms with Crippen molar-refractivity contribution >= 4 is 65.6 Å². The van der Waals surface area contributed by atoms with E-state index in [1.165, 1.54) is 54.8 Å². The highest BCUT2D eigenvalue weighted by Crippen LogP contribution is 2.44. The Morgan fingerprint density at radius 1 is 0.254 bits per heavy atom. The van der Waals surface area contributed by atoms with E-state index < -0.39 is 0 Å². The van der Waals surface area contributed by atoms with Crippen LogP contribution in [0.5, 0.6) is 0 Å². The third-order valence-electron chi connectivity index (χ3n) is 13.0. The normalized spacial score (nSPS) is 11.8. The van der Waals surface area contributed by atoms with Crippen LogP contribution in [-0.2, 0) is 0 Å². The van der Waals surface area contributed by atoms with Crippen molar-refractivity contribution < 1.29 is 4.42 Å². The molecule has 13 aromatic rings. The van der Waals surface area contributed by atoms with Gasteiger partial charge in [-0.1, -0.05) is 176 Å². The van der Waals surface area contributed by atoms with Gasteiger partial charge in [-0.05, 0) is 93.5 Å². The molecule has 0 unspecified atom stereocenters. The molecular weight excluding hydrogens is 765 g/mol. The number of nitrogens with zero attached hydrogens (tertiary/aromatic N) is 2. The van der Waals surface area contributed by atoms with Crippen LogP contribution in [0.3, 0.4) is 0 Å². The minimum absolute atomic E-state index is 0.900. The predicted octanol–water partition coefficient (Wildman–Crippen LogP) is 16.4. The summed E-state index contributed by atoms with van der Waals surface area (Å²) >= 11 is 0. The zero-order chi connectivity index (χ0) is 41.4. The van der Waals surface area contributed by atoms with Gasteiger partial charge in [-0.2, -0.15) is 0 Å². The molecule has 3 heteroatoms. The number of hydrogen-bond acceptors (Lipinski definition) is 1. The van der Waals surface area contributed by atoms with E-state index in [0.717, 1.165) is 66.6 Å². The highest BCUT2D eigenvalue weighted by molar-refractivity contribution is 6.15. The Kier molecular flexibility index (Phi) is 7.91. The molecule has 0 bridgehead atoms. The van der Waals surface area contributed by atoms with Crippen LogP contribution in [0.4, 0.5) is 0 Å². The van der Waals surface area contributed by atoms with Gasteiger partial charge in [0.1, 0.15) is 11.2 Å². The molecule has 0 spiro atoms. The van der Waals surface area contributed by atoms with Crippen LogP contribution in [-0.4, -0.2) is 9.13 Å². The van der Waals surface area contributed by atoms with E-state index in [1.54, 1.807) is 0 Å². The van der Waals surface area contributed by atoms with Gasteiger partial charge >= 0.3 is 0 Å². The summed E-state index contributed by atoms with van der Waals surface area (Å²) in [5.74, 6) is 0. The summed E-state index contributed by atoms with van der Waals surface area (Å²) in [5, 5.41) is 7.13. The molecule has 0 atom stereocenters. The smallest absolute Gasteiger partial charge is 0.143 e. The van der Waals surface area contributed by atoms with Crippen molar-refractivity contribution in [3.05, 3.63) is 231 Å². The van der Waals surface area contributed by atoms with Crippen LogP contribution in [0.2, 0.25) is 0 Å². The molecule has 10 aromatic carbocycles. The lowest BCUT2D eigenvalue weighted by Gasteiger charge is -2.17. The molecule has 0 aliphatic rings. The lowest BCUT2D eigenvalue weighted by Crippen LogP contribution is -2.03. The minimum Gasteiger partial charge on any atom is -0.455 e. The molecule has 0 aliphatic heterocycles. The van der Waals surface area contributed by atoms with Crippen molar-refractivity contribution in [3.8, 4) is 55.9 Å². The van der Waals surface area contributed by atoms with E-state index in [9.17, 15) is 0 Å². The zero-order valence-corrected chi connectivity index (χ0v) is 34.2. The Morgan fingerprint density at radius 2 is 0.683 bits per heavy atom. The molecule has 0 fully saturated rings. The van der Waals surface area contributed by atoms with Crippen LogP contribution in [0.25, 0.3) is 121 Å². The third-order valence-corrected chi connectivity index (χ3v) is 13.0. The first kappa shape index (κ1) is 35.4. The Hall–Kier alpha value is -8.40. The van der Waals surface area contributed by atoms with Crippen molar-refractivity contribution in [1.29, 1.82) is 0 Å². The maximum atomic E-state index is 6.60. The van der Waals surface area contributed by atoms with E-state index in [4.69, 9.17) is 4.42 Å². The van der Waals surface area contributed by atoms with Crippen LogP contribution in [0.15, 0.2) is 235 Å². The molecule has 3 nitrogen and oxygen atoms in total. The van der Waals surface area contributed by atoms with Gasteiger partial charge in [0, 0.05) is 37.9 Å². The number of hydrogen-bond donors (Lipinski definition) is 0. The summed E-state index contributed by atoms with van der Waals surface area (Å²) < 4.78 is 11.5. The summed E-state index contributed by atoms with van der Waals surface area (Å²) in [6.45, 7) is 0. The summed E-state index contributed by atoms with van der Waals surface area (Å²) in [6.07, 6.45) is 0. The average Bonchev–Trinajstić information content (AvgIpc) is 4.02. The minimum atomic E-state index is 0.900. The van der Waals surface area contributed by atoms with Crippen LogP contribution < -0.4 is 0 Å². The van der Waals surface area contributed by atoms with Crippen LogP contribution >= 0.6 is 0 Å². The lowest BCUT2D eigenvalue weighted by atomic mass is 9.92. The Labute approximate surface area is 363 Å². The second-order valence-electron chi connectivity index (χ2n) is 16.4. The number of aromatic nitrogens is 2. The van der Waals surface area contributed by atoms with Crippen LogP contribution in [0, 0.1) is 0 Å². The van der Waals surface area contributed by atoms with Gasteiger partial charge in [-0.15, -0.1) is 0 Å². The molecule has 13 rings (SSSR count). The van der Waals surface area contributed by atoms with Gasteiger partial charge in [-0.3, -0.25) is 0 Å². The topological polar surface area (TPSA) is 23.0 Å².